The Labute approximate surface area is 168 Å². The van der Waals surface area contributed by atoms with Crippen molar-refractivity contribution in [2.24, 2.45) is 4.99 Å². The van der Waals surface area contributed by atoms with Gasteiger partial charge in [-0.05, 0) is 42.8 Å². The Kier molecular flexibility index (Phi) is 5.38. The lowest BCUT2D eigenvalue weighted by Crippen LogP contribution is -2.36. The van der Waals surface area contributed by atoms with E-state index in [2.05, 4.69) is 20.6 Å². The molecule has 0 saturated carbocycles. The SMILES string of the molecule is Cc1ccc(C(=O)NC(=NCc2cccnc2)Nc2ccc3c(c2)OCO3)cc1. The van der Waals surface area contributed by atoms with E-state index in [9.17, 15) is 4.79 Å². The predicted molar refractivity (Wildman–Crippen MR) is 110 cm³/mol. The Morgan fingerprint density at radius 1 is 1.10 bits per heavy atom. The normalized spacial score (nSPS) is 12.5. The first-order valence-corrected chi connectivity index (χ1v) is 9.15. The average molecular weight is 388 g/mol. The summed E-state index contributed by atoms with van der Waals surface area (Å²) in [5.41, 5.74) is 3.30. The van der Waals surface area contributed by atoms with Gasteiger partial charge in [-0.25, -0.2) is 4.99 Å². The predicted octanol–water partition coefficient (Wildman–Crippen LogP) is 3.52. The molecule has 1 amide bonds. The second kappa shape index (κ2) is 8.43. The van der Waals surface area contributed by atoms with Crippen molar-refractivity contribution in [1.29, 1.82) is 0 Å². The van der Waals surface area contributed by atoms with Crippen molar-refractivity contribution in [2.45, 2.75) is 13.5 Å². The smallest absolute Gasteiger partial charge is 0.257 e. The summed E-state index contributed by atoms with van der Waals surface area (Å²) in [6.45, 7) is 2.55. The monoisotopic (exact) mass is 388 g/mol. The van der Waals surface area contributed by atoms with Crippen molar-refractivity contribution in [2.75, 3.05) is 12.1 Å². The first kappa shape index (κ1) is 18.5. The summed E-state index contributed by atoms with van der Waals surface area (Å²) in [5, 5.41) is 6.00. The molecule has 146 valence electrons. The molecule has 0 fully saturated rings. The van der Waals surface area contributed by atoms with E-state index < -0.39 is 0 Å². The highest BCUT2D eigenvalue weighted by Gasteiger charge is 2.15. The molecule has 3 aromatic rings. The fraction of sp³-hybridized carbons (Fsp3) is 0.136. The largest absolute Gasteiger partial charge is 0.454 e. The minimum absolute atomic E-state index is 0.199. The zero-order chi connectivity index (χ0) is 20.1. The molecule has 2 aromatic carbocycles. The second-order valence-electron chi connectivity index (χ2n) is 6.54. The van der Waals surface area contributed by atoms with Crippen molar-refractivity contribution in [1.82, 2.24) is 10.3 Å². The maximum absolute atomic E-state index is 12.7. The standard InChI is InChI=1S/C22H20N4O3/c1-15-4-6-17(7-5-15)21(27)26-22(24-13-16-3-2-10-23-12-16)25-18-8-9-19-20(11-18)29-14-28-19/h2-12H,13-14H2,1H3,(H2,24,25,26,27). The number of carbonyl (C=O) groups is 1. The number of aryl methyl sites for hydroxylation is 1. The first-order chi connectivity index (χ1) is 14.2. The number of guanidine groups is 1. The van der Waals surface area contributed by atoms with Crippen molar-refractivity contribution >= 4 is 17.6 Å². The average Bonchev–Trinajstić information content (AvgIpc) is 3.21. The number of rotatable bonds is 4. The molecule has 7 heteroatoms. The number of benzene rings is 2. The summed E-state index contributed by atoms with van der Waals surface area (Å²) >= 11 is 0. The van der Waals surface area contributed by atoms with Gasteiger partial charge in [-0.15, -0.1) is 0 Å². The molecule has 1 aromatic heterocycles. The number of aliphatic imine (C=N–C) groups is 1. The first-order valence-electron chi connectivity index (χ1n) is 9.15. The number of nitrogens with zero attached hydrogens (tertiary/aromatic N) is 2. The number of hydrogen-bond acceptors (Lipinski definition) is 5. The molecular formula is C22H20N4O3. The number of pyridine rings is 1. The van der Waals surface area contributed by atoms with Crippen molar-refractivity contribution < 1.29 is 14.3 Å². The van der Waals surface area contributed by atoms with Crippen LogP contribution in [0.1, 0.15) is 21.5 Å². The van der Waals surface area contributed by atoms with Crippen LogP contribution in [0.4, 0.5) is 5.69 Å². The van der Waals surface area contributed by atoms with Gasteiger partial charge in [0.05, 0.1) is 6.54 Å². The third-order valence-electron chi connectivity index (χ3n) is 4.32. The zero-order valence-corrected chi connectivity index (χ0v) is 15.9. The van der Waals surface area contributed by atoms with Gasteiger partial charge in [-0.2, -0.15) is 0 Å². The zero-order valence-electron chi connectivity index (χ0n) is 15.9. The van der Waals surface area contributed by atoms with Crippen LogP contribution in [-0.2, 0) is 6.54 Å². The highest BCUT2D eigenvalue weighted by Crippen LogP contribution is 2.34. The van der Waals surface area contributed by atoms with E-state index in [1.54, 1.807) is 30.6 Å². The van der Waals surface area contributed by atoms with E-state index in [0.29, 0.717) is 29.6 Å². The summed E-state index contributed by atoms with van der Waals surface area (Å²) in [5.74, 6) is 1.42. The van der Waals surface area contributed by atoms with Crippen molar-refractivity contribution in [3.05, 3.63) is 83.7 Å². The van der Waals surface area contributed by atoms with Gasteiger partial charge in [-0.1, -0.05) is 23.8 Å². The molecule has 0 radical (unpaired) electrons. The van der Waals surface area contributed by atoms with Gasteiger partial charge in [0.2, 0.25) is 12.8 Å². The fourth-order valence-corrected chi connectivity index (χ4v) is 2.77. The summed E-state index contributed by atoms with van der Waals surface area (Å²) in [7, 11) is 0. The number of ether oxygens (including phenoxy) is 2. The molecule has 1 aliphatic heterocycles. The maximum Gasteiger partial charge on any atom is 0.257 e. The van der Waals surface area contributed by atoms with Crippen LogP contribution in [0.25, 0.3) is 0 Å². The minimum Gasteiger partial charge on any atom is -0.454 e. The number of aromatic nitrogens is 1. The number of hydrogen-bond donors (Lipinski definition) is 2. The van der Waals surface area contributed by atoms with Crippen molar-refractivity contribution in [3.8, 4) is 11.5 Å². The molecule has 0 spiro atoms. The Morgan fingerprint density at radius 3 is 2.72 bits per heavy atom. The fourth-order valence-electron chi connectivity index (χ4n) is 2.77. The molecule has 7 nitrogen and oxygen atoms in total. The van der Waals surface area contributed by atoms with E-state index in [4.69, 9.17) is 9.47 Å². The third-order valence-corrected chi connectivity index (χ3v) is 4.32. The van der Waals surface area contributed by atoms with Gasteiger partial charge in [0.1, 0.15) is 0 Å². The number of amides is 1. The molecule has 0 atom stereocenters. The summed E-state index contributed by atoms with van der Waals surface area (Å²) in [4.78, 5) is 21.3. The summed E-state index contributed by atoms with van der Waals surface area (Å²) in [6, 6.07) is 16.6. The molecule has 2 N–H and O–H groups in total. The quantitative estimate of drug-likeness (QED) is 0.528. The molecule has 0 bridgehead atoms. The van der Waals surface area contributed by atoms with Crippen molar-refractivity contribution in [3.63, 3.8) is 0 Å². The molecule has 0 unspecified atom stereocenters. The van der Waals surface area contributed by atoms with Gasteiger partial charge in [-0.3, -0.25) is 15.1 Å². The number of carbonyl (C=O) groups excluding carboxylic acids is 1. The van der Waals surface area contributed by atoms with Crippen LogP contribution in [0.2, 0.25) is 0 Å². The lowest BCUT2D eigenvalue weighted by atomic mass is 10.1. The van der Waals surface area contributed by atoms with E-state index in [1.807, 2.05) is 43.3 Å². The molecule has 0 saturated heterocycles. The minimum atomic E-state index is -0.247. The molecular weight excluding hydrogens is 368 g/mol. The molecule has 29 heavy (non-hydrogen) atoms. The van der Waals surface area contributed by atoms with E-state index in [1.165, 1.54) is 0 Å². The summed E-state index contributed by atoms with van der Waals surface area (Å²) < 4.78 is 10.8. The highest BCUT2D eigenvalue weighted by molar-refractivity contribution is 6.10. The van der Waals surface area contributed by atoms with Crippen LogP contribution >= 0.6 is 0 Å². The van der Waals surface area contributed by atoms with Crippen LogP contribution < -0.4 is 20.1 Å². The van der Waals surface area contributed by atoms with Gasteiger partial charge >= 0.3 is 0 Å². The van der Waals surface area contributed by atoms with Gasteiger partial charge in [0.15, 0.2) is 11.5 Å². The van der Waals surface area contributed by atoms with Gasteiger partial charge in [0, 0.05) is 29.7 Å². The molecule has 1 aliphatic rings. The molecule has 2 heterocycles. The Morgan fingerprint density at radius 2 is 1.93 bits per heavy atom. The van der Waals surface area contributed by atoms with E-state index >= 15 is 0 Å². The lowest BCUT2D eigenvalue weighted by molar-refractivity contribution is 0.0977. The summed E-state index contributed by atoms with van der Waals surface area (Å²) in [6.07, 6.45) is 3.45. The number of fused-ring (bicyclic) bond motifs is 1. The topological polar surface area (TPSA) is 84.8 Å². The van der Waals surface area contributed by atoms with Crippen LogP contribution in [0.3, 0.4) is 0 Å². The van der Waals surface area contributed by atoms with Crippen LogP contribution in [0, 0.1) is 6.92 Å². The Balaban J connectivity index is 1.54. The van der Waals surface area contributed by atoms with E-state index in [0.717, 1.165) is 16.8 Å². The molecule has 4 rings (SSSR count). The second-order valence-corrected chi connectivity index (χ2v) is 6.54. The number of anilines is 1. The van der Waals surface area contributed by atoms with Crippen LogP contribution in [-0.4, -0.2) is 23.6 Å². The van der Waals surface area contributed by atoms with E-state index in [-0.39, 0.29) is 12.7 Å². The Bertz CT molecular complexity index is 1030. The van der Waals surface area contributed by atoms with Crippen LogP contribution in [0.15, 0.2) is 72.0 Å². The van der Waals surface area contributed by atoms with Crippen LogP contribution in [0.5, 0.6) is 11.5 Å². The maximum atomic E-state index is 12.7. The Hall–Kier alpha value is -3.87. The lowest BCUT2D eigenvalue weighted by Gasteiger charge is -2.12. The highest BCUT2D eigenvalue weighted by atomic mass is 16.7. The molecule has 0 aliphatic carbocycles. The van der Waals surface area contributed by atoms with Gasteiger partial charge < -0.3 is 14.8 Å². The van der Waals surface area contributed by atoms with Gasteiger partial charge in [0.25, 0.3) is 5.91 Å². The number of nitrogens with one attached hydrogen (secondary N) is 2. The third kappa shape index (κ3) is 4.70.